The highest BCUT2D eigenvalue weighted by atomic mass is 16.2. The minimum atomic E-state index is 0.0160. The zero-order valence-electron chi connectivity index (χ0n) is 17.0. The van der Waals surface area contributed by atoms with Gasteiger partial charge in [0.1, 0.15) is 0 Å². The van der Waals surface area contributed by atoms with Gasteiger partial charge in [-0.3, -0.25) is 4.79 Å². The highest BCUT2D eigenvalue weighted by Gasteiger charge is 2.07. The Balaban J connectivity index is 2.53. The number of hydrogen-bond donors (Lipinski definition) is 2. The van der Waals surface area contributed by atoms with Crippen LogP contribution in [-0.2, 0) is 6.54 Å². The first-order valence-corrected chi connectivity index (χ1v) is 9.49. The number of rotatable bonds is 10. The molecule has 0 aromatic heterocycles. The molecule has 0 fully saturated rings. The van der Waals surface area contributed by atoms with E-state index in [0.29, 0.717) is 12.1 Å². The molecular formula is C20H35N5O. The fourth-order valence-electron chi connectivity index (χ4n) is 2.43. The van der Waals surface area contributed by atoms with Gasteiger partial charge in [-0.25, -0.2) is 4.99 Å². The number of hydrogen-bond acceptors (Lipinski definition) is 3. The Labute approximate surface area is 158 Å². The number of benzene rings is 1. The van der Waals surface area contributed by atoms with Crippen LogP contribution in [0, 0.1) is 0 Å². The lowest BCUT2D eigenvalue weighted by Gasteiger charge is -2.18. The van der Waals surface area contributed by atoms with Crippen LogP contribution in [0.4, 0.5) is 0 Å². The zero-order chi connectivity index (χ0) is 19.4. The van der Waals surface area contributed by atoms with E-state index in [2.05, 4.69) is 41.4 Å². The molecule has 0 saturated heterocycles. The third kappa shape index (κ3) is 8.34. The van der Waals surface area contributed by atoms with Gasteiger partial charge < -0.3 is 20.4 Å². The molecule has 0 heterocycles. The predicted molar refractivity (Wildman–Crippen MR) is 110 cm³/mol. The summed E-state index contributed by atoms with van der Waals surface area (Å²) in [4.78, 5) is 20.5. The number of amides is 1. The van der Waals surface area contributed by atoms with Gasteiger partial charge in [0.15, 0.2) is 5.96 Å². The quantitative estimate of drug-likeness (QED) is 0.495. The van der Waals surface area contributed by atoms with Gasteiger partial charge in [-0.15, -0.1) is 0 Å². The lowest BCUT2D eigenvalue weighted by molar-refractivity contribution is 0.0827. The smallest absolute Gasteiger partial charge is 0.253 e. The molecule has 1 amide bonds. The number of nitrogens with one attached hydrogen (secondary N) is 2. The summed E-state index contributed by atoms with van der Waals surface area (Å²) in [7, 11) is 5.67. The molecule has 0 radical (unpaired) electrons. The largest absolute Gasteiger partial charge is 0.357 e. The molecular weight excluding hydrogens is 326 g/mol. The van der Waals surface area contributed by atoms with Gasteiger partial charge in [0, 0.05) is 39.3 Å². The first-order chi connectivity index (χ1) is 12.5. The number of guanidine groups is 1. The minimum Gasteiger partial charge on any atom is -0.357 e. The van der Waals surface area contributed by atoms with E-state index in [1.165, 1.54) is 12.8 Å². The van der Waals surface area contributed by atoms with Crippen LogP contribution in [-0.4, -0.2) is 69.0 Å². The topological polar surface area (TPSA) is 60.0 Å². The summed E-state index contributed by atoms with van der Waals surface area (Å²) >= 11 is 0. The number of likely N-dealkylation sites (N-methyl/N-ethyl adjacent to an activating group) is 1. The van der Waals surface area contributed by atoms with E-state index in [1.54, 1.807) is 19.0 Å². The van der Waals surface area contributed by atoms with Crippen molar-refractivity contribution in [2.75, 3.05) is 47.3 Å². The molecule has 0 atom stereocenters. The maximum Gasteiger partial charge on any atom is 0.253 e. The van der Waals surface area contributed by atoms with Crippen molar-refractivity contribution in [1.82, 2.24) is 20.4 Å². The first-order valence-electron chi connectivity index (χ1n) is 9.49. The Morgan fingerprint density at radius 3 is 2.31 bits per heavy atom. The Morgan fingerprint density at radius 2 is 1.73 bits per heavy atom. The molecule has 0 unspecified atom stereocenters. The maximum absolute atomic E-state index is 11.9. The molecule has 2 N–H and O–H groups in total. The van der Waals surface area contributed by atoms with Crippen LogP contribution in [0.2, 0.25) is 0 Å². The first kappa shape index (κ1) is 22.0. The molecule has 6 nitrogen and oxygen atoms in total. The third-order valence-corrected chi connectivity index (χ3v) is 4.05. The Morgan fingerprint density at radius 1 is 1.04 bits per heavy atom. The molecule has 1 aromatic carbocycles. The fourth-order valence-corrected chi connectivity index (χ4v) is 2.43. The molecule has 0 bridgehead atoms. The van der Waals surface area contributed by atoms with Crippen LogP contribution in [0.25, 0.3) is 0 Å². The molecule has 0 aliphatic heterocycles. The molecule has 146 valence electrons. The van der Waals surface area contributed by atoms with Gasteiger partial charge in [-0.2, -0.15) is 0 Å². The van der Waals surface area contributed by atoms with E-state index in [4.69, 9.17) is 0 Å². The summed E-state index contributed by atoms with van der Waals surface area (Å²) in [5.41, 5.74) is 1.78. The number of aliphatic imine (C=N–C) groups is 1. The molecule has 0 saturated carbocycles. The maximum atomic E-state index is 11.9. The summed E-state index contributed by atoms with van der Waals surface area (Å²) < 4.78 is 0. The van der Waals surface area contributed by atoms with Crippen LogP contribution in [0.5, 0.6) is 0 Å². The van der Waals surface area contributed by atoms with Crippen LogP contribution in [0.3, 0.4) is 0 Å². The third-order valence-electron chi connectivity index (χ3n) is 4.05. The fraction of sp³-hybridized carbons (Fsp3) is 0.600. The van der Waals surface area contributed by atoms with Crippen molar-refractivity contribution in [1.29, 1.82) is 0 Å². The summed E-state index contributed by atoms with van der Waals surface area (Å²) in [5, 5.41) is 6.65. The SMILES string of the molecule is CCCCN(C)CCNC(=NCc1ccc(C(=O)N(C)C)cc1)NCC. The van der Waals surface area contributed by atoms with Crippen molar-refractivity contribution < 1.29 is 4.79 Å². The van der Waals surface area contributed by atoms with Crippen molar-refractivity contribution in [3.8, 4) is 0 Å². The number of carbonyl (C=O) groups excluding carboxylic acids is 1. The molecule has 0 spiro atoms. The summed E-state index contributed by atoms with van der Waals surface area (Å²) in [5.74, 6) is 0.840. The lowest BCUT2D eigenvalue weighted by Crippen LogP contribution is -2.41. The highest BCUT2D eigenvalue weighted by molar-refractivity contribution is 5.93. The van der Waals surface area contributed by atoms with E-state index in [-0.39, 0.29) is 5.91 Å². The van der Waals surface area contributed by atoms with E-state index in [1.807, 2.05) is 24.3 Å². The molecule has 26 heavy (non-hydrogen) atoms. The second-order valence-corrected chi connectivity index (χ2v) is 6.68. The van der Waals surface area contributed by atoms with Crippen LogP contribution in [0.15, 0.2) is 29.3 Å². The number of unbranched alkanes of at least 4 members (excludes halogenated alkanes) is 1. The number of carbonyl (C=O) groups is 1. The van der Waals surface area contributed by atoms with E-state index in [9.17, 15) is 4.79 Å². The van der Waals surface area contributed by atoms with Crippen molar-refractivity contribution >= 4 is 11.9 Å². The molecule has 1 aromatic rings. The van der Waals surface area contributed by atoms with Crippen molar-refractivity contribution in [2.45, 2.75) is 33.2 Å². The van der Waals surface area contributed by atoms with Gasteiger partial charge in [0.25, 0.3) is 5.91 Å². The Hall–Kier alpha value is -2.08. The van der Waals surface area contributed by atoms with Crippen molar-refractivity contribution in [2.24, 2.45) is 4.99 Å². The lowest BCUT2D eigenvalue weighted by atomic mass is 10.1. The minimum absolute atomic E-state index is 0.0160. The Kier molecular flexibility index (Phi) is 10.4. The van der Waals surface area contributed by atoms with Crippen LogP contribution < -0.4 is 10.6 Å². The summed E-state index contributed by atoms with van der Waals surface area (Å²) in [6.07, 6.45) is 2.46. The summed E-state index contributed by atoms with van der Waals surface area (Å²) in [6.45, 7) is 8.67. The monoisotopic (exact) mass is 361 g/mol. The van der Waals surface area contributed by atoms with Gasteiger partial charge in [0.05, 0.1) is 6.54 Å². The average Bonchev–Trinajstić information content (AvgIpc) is 2.64. The molecule has 1 rings (SSSR count). The standard InChI is InChI=1S/C20H35N5O/c1-6-8-14-25(5)15-13-22-20(21-7-2)23-16-17-9-11-18(12-10-17)19(26)24(3)4/h9-12H,6-8,13-16H2,1-5H3,(H2,21,22,23). The zero-order valence-corrected chi connectivity index (χ0v) is 17.0. The number of nitrogens with zero attached hydrogens (tertiary/aromatic N) is 3. The Bertz CT molecular complexity index is 554. The molecule has 0 aliphatic rings. The van der Waals surface area contributed by atoms with Gasteiger partial charge in [-0.1, -0.05) is 25.5 Å². The van der Waals surface area contributed by atoms with Gasteiger partial charge in [-0.05, 0) is 44.6 Å². The van der Waals surface area contributed by atoms with Crippen LogP contribution in [0.1, 0.15) is 42.6 Å². The van der Waals surface area contributed by atoms with E-state index < -0.39 is 0 Å². The normalized spacial score (nSPS) is 11.5. The summed E-state index contributed by atoms with van der Waals surface area (Å²) in [6, 6.07) is 7.64. The molecule has 6 heteroatoms. The second-order valence-electron chi connectivity index (χ2n) is 6.68. The second kappa shape index (κ2) is 12.3. The van der Waals surface area contributed by atoms with Crippen molar-refractivity contribution in [3.05, 3.63) is 35.4 Å². The highest BCUT2D eigenvalue weighted by Crippen LogP contribution is 2.07. The van der Waals surface area contributed by atoms with Gasteiger partial charge >= 0.3 is 0 Å². The molecule has 0 aliphatic carbocycles. The van der Waals surface area contributed by atoms with E-state index in [0.717, 1.165) is 37.7 Å². The predicted octanol–water partition coefficient (Wildman–Crippen LogP) is 2.18. The van der Waals surface area contributed by atoms with Crippen molar-refractivity contribution in [3.63, 3.8) is 0 Å². The van der Waals surface area contributed by atoms with Gasteiger partial charge in [0.2, 0.25) is 0 Å². The average molecular weight is 362 g/mol. The van der Waals surface area contributed by atoms with E-state index >= 15 is 0 Å². The van der Waals surface area contributed by atoms with Crippen LogP contribution >= 0.6 is 0 Å².